The Morgan fingerprint density at radius 1 is 1.36 bits per heavy atom. The minimum atomic E-state index is -0.443. The average molecular weight is 315 g/mol. The summed E-state index contributed by atoms with van der Waals surface area (Å²) >= 11 is 1.48. The zero-order valence-corrected chi connectivity index (χ0v) is 12.9. The predicted molar refractivity (Wildman–Crippen MR) is 84.5 cm³/mol. The molecule has 22 heavy (non-hydrogen) atoms. The molecular formula is C16H13NO4S. The van der Waals surface area contributed by atoms with Crippen LogP contribution in [0.3, 0.4) is 0 Å². The standard InChI is InChI=1S/C16H13NO4S/c1-9(18)7-20-12-4-3-11-5-13(14-8-22-10(2)17-14)16(19)21-15(11)6-12/h3-6,8H,7H2,1-2H3. The molecule has 0 fully saturated rings. The topological polar surface area (TPSA) is 69.4 Å². The average Bonchev–Trinajstić information content (AvgIpc) is 2.90. The van der Waals surface area contributed by atoms with Crippen LogP contribution in [0.5, 0.6) is 5.75 Å². The summed E-state index contributed by atoms with van der Waals surface area (Å²) in [5.74, 6) is 0.416. The summed E-state index contributed by atoms with van der Waals surface area (Å²) in [6.45, 7) is 3.32. The summed E-state index contributed by atoms with van der Waals surface area (Å²) in [5.41, 5.74) is 1.03. The van der Waals surface area contributed by atoms with E-state index >= 15 is 0 Å². The summed E-state index contributed by atoms with van der Waals surface area (Å²) in [7, 11) is 0. The largest absolute Gasteiger partial charge is 0.486 e. The maximum Gasteiger partial charge on any atom is 0.345 e. The zero-order chi connectivity index (χ0) is 15.7. The number of nitrogens with zero attached hydrogens (tertiary/aromatic N) is 1. The van der Waals surface area contributed by atoms with Crippen molar-refractivity contribution in [3.8, 4) is 17.0 Å². The van der Waals surface area contributed by atoms with Crippen LogP contribution in [0.4, 0.5) is 0 Å². The zero-order valence-electron chi connectivity index (χ0n) is 12.1. The molecule has 0 amide bonds. The predicted octanol–water partition coefficient (Wildman–Crippen LogP) is 3.19. The van der Waals surface area contributed by atoms with Gasteiger partial charge in [-0.3, -0.25) is 4.79 Å². The number of ether oxygens (including phenoxy) is 1. The number of carbonyl (C=O) groups excluding carboxylic acids is 1. The fourth-order valence-corrected chi connectivity index (χ4v) is 2.64. The molecule has 0 radical (unpaired) electrons. The van der Waals surface area contributed by atoms with E-state index in [-0.39, 0.29) is 12.4 Å². The fraction of sp³-hybridized carbons (Fsp3) is 0.188. The smallest absolute Gasteiger partial charge is 0.345 e. The molecule has 3 aromatic rings. The summed E-state index contributed by atoms with van der Waals surface area (Å²) < 4.78 is 10.7. The molecule has 0 atom stereocenters. The molecular weight excluding hydrogens is 302 g/mol. The van der Waals surface area contributed by atoms with Crippen molar-refractivity contribution in [3.05, 3.63) is 45.1 Å². The molecule has 0 aliphatic carbocycles. The van der Waals surface area contributed by atoms with E-state index in [0.29, 0.717) is 22.6 Å². The van der Waals surface area contributed by atoms with Gasteiger partial charge in [0.15, 0.2) is 5.78 Å². The third kappa shape index (κ3) is 2.92. The first-order valence-electron chi connectivity index (χ1n) is 6.65. The van der Waals surface area contributed by atoms with Gasteiger partial charge in [-0.15, -0.1) is 11.3 Å². The minimum absolute atomic E-state index is 0.00801. The Morgan fingerprint density at radius 3 is 2.86 bits per heavy atom. The number of aryl methyl sites for hydroxylation is 1. The molecule has 6 heteroatoms. The first-order chi connectivity index (χ1) is 10.5. The van der Waals surface area contributed by atoms with Crippen LogP contribution in [0.1, 0.15) is 11.9 Å². The first-order valence-corrected chi connectivity index (χ1v) is 7.53. The molecule has 5 nitrogen and oxygen atoms in total. The molecule has 0 saturated heterocycles. The number of hydrogen-bond donors (Lipinski definition) is 0. The van der Waals surface area contributed by atoms with Gasteiger partial charge in [-0.2, -0.15) is 0 Å². The first kappa shape index (κ1) is 14.5. The van der Waals surface area contributed by atoms with Gasteiger partial charge in [0.2, 0.25) is 0 Å². The van der Waals surface area contributed by atoms with Crippen LogP contribution in [-0.2, 0) is 4.79 Å². The number of rotatable bonds is 4. The second-order valence-electron chi connectivity index (χ2n) is 4.89. The summed E-state index contributed by atoms with van der Waals surface area (Å²) in [6.07, 6.45) is 0. The van der Waals surface area contributed by atoms with Gasteiger partial charge < -0.3 is 9.15 Å². The highest BCUT2D eigenvalue weighted by Gasteiger charge is 2.11. The Bertz CT molecular complexity index is 910. The van der Waals surface area contributed by atoms with Gasteiger partial charge >= 0.3 is 5.63 Å². The second kappa shape index (κ2) is 5.73. The molecule has 3 rings (SSSR count). The quantitative estimate of drug-likeness (QED) is 0.692. The van der Waals surface area contributed by atoms with E-state index in [0.717, 1.165) is 10.4 Å². The fourth-order valence-electron chi connectivity index (χ4n) is 2.03. The maximum absolute atomic E-state index is 12.1. The van der Waals surface area contributed by atoms with E-state index in [1.807, 2.05) is 12.3 Å². The van der Waals surface area contributed by atoms with E-state index in [2.05, 4.69) is 4.98 Å². The third-order valence-electron chi connectivity index (χ3n) is 3.04. The minimum Gasteiger partial charge on any atom is -0.486 e. The van der Waals surface area contributed by atoms with Crippen LogP contribution >= 0.6 is 11.3 Å². The van der Waals surface area contributed by atoms with Crippen LogP contribution in [0, 0.1) is 6.92 Å². The summed E-state index contributed by atoms with van der Waals surface area (Å²) in [4.78, 5) is 27.4. The van der Waals surface area contributed by atoms with Crippen molar-refractivity contribution in [2.24, 2.45) is 0 Å². The van der Waals surface area contributed by atoms with Crippen LogP contribution in [-0.4, -0.2) is 17.4 Å². The van der Waals surface area contributed by atoms with Crippen molar-refractivity contribution in [2.75, 3.05) is 6.61 Å². The van der Waals surface area contributed by atoms with Gasteiger partial charge in [0.1, 0.15) is 17.9 Å². The van der Waals surface area contributed by atoms with Gasteiger partial charge in [0.05, 0.1) is 16.3 Å². The van der Waals surface area contributed by atoms with Crippen molar-refractivity contribution in [2.45, 2.75) is 13.8 Å². The monoisotopic (exact) mass is 315 g/mol. The van der Waals surface area contributed by atoms with E-state index < -0.39 is 5.63 Å². The van der Waals surface area contributed by atoms with Gasteiger partial charge in [-0.25, -0.2) is 9.78 Å². The van der Waals surface area contributed by atoms with E-state index in [1.165, 1.54) is 18.3 Å². The maximum atomic E-state index is 12.1. The molecule has 2 heterocycles. The summed E-state index contributed by atoms with van der Waals surface area (Å²) in [6, 6.07) is 6.89. The highest BCUT2D eigenvalue weighted by Crippen LogP contribution is 2.25. The Labute approximate surface area is 130 Å². The Morgan fingerprint density at radius 2 is 2.18 bits per heavy atom. The number of carbonyl (C=O) groups is 1. The van der Waals surface area contributed by atoms with E-state index in [9.17, 15) is 9.59 Å². The Hall–Kier alpha value is -2.47. The number of Topliss-reactive ketones (excluding diaryl/α,β-unsaturated/α-hetero) is 1. The van der Waals surface area contributed by atoms with Gasteiger partial charge in [0.25, 0.3) is 0 Å². The van der Waals surface area contributed by atoms with Crippen LogP contribution in [0.15, 0.2) is 38.9 Å². The molecule has 0 aliphatic rings. The molecule has 0 spiro atoms. The normalized spacial score (nSPS) is 10.8. The van der Waals surface area contributed by atoms with Crippen molar-refractivity contribution in [1.29, 1.82) is 0 Å². The number of thiazole rings is 1. The molecule has 0 bridgehead atoms. The SMILES string of the molecule is CC(=O)COc1ccc2cc(-c3csc(C)n3)c(=O)oc2c1. The molecule has 0 N–H and O–H groups in total. The van der Waals surface area contributed by atoms with Crippen LogP contribution in [0.25, 0.3) is 22.2 Å². The molecule has 0 saturated carbocycles. The highest BCUT2D eigenvalue weighted by molar-refractivity contribution is 7.09. The highest BCUT2D eigenvalue weighted by atomic mass is 32.1. The Kier molecular flexibility index (Phi) is 3.77. The number of hydrogen-bond acceptors (Lipinski definition) is 6. The number of benzene rings is 1. The van der Waals surface area contributed by atoms with Crippen molar-refractivity contribution in [1.82, 2.24) is 4.98 Å². The molecule has 112 valence electrons. The van der Waals surface area contributed by atoms with Crippen molar-refractivity contribution in [3.63, 3.8) is 0 Å². The van der Waals surface area contributed by atoms with Crippen LogP contribution < -0.4 is 10.4 Å². The molecule has 2 aromatic heterocycles. The van der Waals surface area contributed by atoms with Gasteiger partial charge in [-0.05, 0) is 32.0 Å². The molecule has 0 unspecified atom stereocenters. The van der Waals surface area contributed by atoms with Crippen molar-refractivity contribution >= 4 is 28.1 Å². The lowest BCUT2D eigenvalue weighted by molar-refractivity contribution is -0.118. The molecule has 0 aliphatic heterocycles. The van der Waals surface area contributed by atoms with E-state index in [1.54, 1.807) is 24.3 Å². The van der Waals surface area contributed by atoms with Gasteiger partial charge in [0, 0.05) is 16.8 Å². The van der Waals surface area contributed by atoms with Crippen LogP contribution in [0.2, 0.25) is 0 Å². The lowest BCUT2D eigenvalue weighted by Crippen LogP contribution is -2.07. The van der Waals surface area contributed by atoms with E-state index in [4.69, 9.17) is 9.15 Å². The number of fused-ring (bicyclic) bond motifs is 1. The lowest BCUT2D eigenvalue weighted by Gasteiger charge is -2.05. The Balaban J connectivity index is 2.02. The molecule has 1 aromatic carbocycles. The number of ketones is 1. The van der Waals surface area contributed by atoms with Crippen molar-refractivity contribution < 1.29 is 13.9 Å². The number of aromatic nitrogens is 1. The second-order valence-corrected chi connectivity index (χ2v) is 5.95. The lowest BCUT2D eigenvalue weighted by atomic mass is 10.1. The summed E-state index contributed by atoms with van der Waals surface area (Å²) in [5, 5.41) is 3.50. The van der Waals surface area contributed by atoms with Gasteiger partial charge in [-0.1, -0.05) is 0 Å². The third-order valence-corrected chi connectivity index (χ3v) is 3.82.